The molecule has 0 aliphatic carbocycles. The molecular weight excluding hydrogens is 313 g/mol. The zero-order valence-electron chi connectivity index (χ0n) is 4.94. The quantitative estimate of drug-likeness (QED) is 0.587. The maximum atomic E-state index is 5.07. The second kappa shape index (κ2) is 8.56. The van der Waals surface area contributed by atoms with Crippen LogP contribution >= 0.6 is 0 Å². The summed E-state index contributed by atoms with van der Waals surface area (Å²) in [5.41, 5.74) is 0. The summed E-state index contributed by atoms with van der Waals surface area (Å²) in [5, 5.41) is 0. The van der Waals surface area contributed by atoms with Crippen molar-refractivity contribution in [1.82, 2.24) is 0 Å². The van der Waals surface area contributed by atoms with Gasteiger partial charge in [0.05, 0.1) is 0 Å². The average Bonchev–Trinajstić information content (AvgIpc) is 1.72. The molecule has 44 valence electrons. The van der Waals surface area contributed by atoms with Crippen molar-refractivity contribution in [2.45, 2.75) is 19.3 Å². The first-order valence-corrected chi connectivity index (χ1v) is 2.58. The van der Waals surface area contributed by atoms with E-state index in [1.807, 2.05) is 0 Å². The van der Waals surface area contributed by atoms with E-state index < -0.39 is 0 Å². The number of rotatable bonds is 0. The van der Waals surface area contributed by atoms with E-state index in [0.29, 0.717) is 0 Å². The van der Waals surface area contributed by atoms with Crippen LogP contribution in [0.5, 0.6) is 0 Å². The second-order valence-corrected chi connectivity index (χ2v) is 1.67. The van der Waals surface area contributed by atoms with Crippen LogP contribution in [0.1, 0.15) is 19.3 Å². The third-order valence-electron chi connectivity index (χ3n) is 1.08. The van der Waals surface area contributed by atoms with Crippen molar-refractivity contribution < 1.29 is 4.74 Å². The summed E-state index contributed by atoms with van der Waals surface area (Å²) in [6, 6.07) is 0. The first kappa shape index (κ1) is 12.3. The van der Waals surface area contributed by atoms with Crippen LogP contribution in [0.2, 0.25) is 0 Å². The summed E-state index contributed by atoms with van der Waals surface area (Å²) in [7, 11) is 0. The van der Waals surface area contributed by atoms with Gasteiger partial charge in [0.25, 0.3) is 0 Å². The zero-order chi connectivity index (χ0) is 4.24. The Hall–Kier alpha value is 1.56. The molecule has 8 radical (unpaired) electrons. The fourth-order valence-corrected chi connectivity index (χ4v) is 0.687. The molecule has 0 atom stereocenters. The molecule has 1 fully saturated rings. The summed E-state index contributed by atoms with van der Waals surface area (Å²) in [6.45, 7) is 2.00. The average molecular weight is 324 g/mol. The van der Waals surface area contributed by atoms with Crippen LogP contribution < -0.4 is 0 Å². The Kier molecular flexibility index (Phi) is 13.1. The Morgan fingerprint density at radius 1 is 0.750 bits per heavy atom. The van der Waals surface area contributed by atoms with E-state index in [9.17, 15) is 0 Å². The molecule has 3 heteroatoms. The molecule has 0 amide bonds. The molecule has 0 spiro atoms. The van der Waals surface area contributed by atoms with E-state index in [0.717, 1.165) is 13.2 Å². The molecule has 0 unspecified atom stereocenters. The summed E-state index contributed by atoms with van der Waals surface area (Å²) in [6.07, 6.45) is 3.93. The maximum Gasteiger partial charge on any atom is 0.0466 e. The SMILES string of the molecule is C1CCOCC1.[Sn].[Sn]. The molecule has 1 aliphatic rings. The third kappa shape index (κ3) is 5.69. The monoisotopic (exact) mass is 326 g/mol. The predicted molar refractivity (Wildman–Crippen MR) is 36.2 cm³/mol. The smallest absolute Gasteiger partial charge is 0.0466 e. The summed E-state index contributed by atoms with van der Waals surface area (Å²) >= 11 is 0. The minimum absolute atomic E-state index is 0. The van der Waals surface area contributed by atoms with E-state index in [4.69, 9.17) is 4.74 Å². The van der Waals surface area contributed by atoms with Crippen molar-refractivity contribution >= 4 is 47.8 Å². The second-order valence-electron chi connectivity index (χ2n) is 1.67. The molecule has 1 heterocycles. The molecule has 0 aromatic carbocycles. The summed E-state index contributed by atoms with van der Waals surface area (Å²) < 4.78 is 5.07. The standard InChI is InChI=1S/C5H10O.2Sn/c1-2-4-6-5-3-1;;/h1-5H2;;. The molecule has 8 heavy (non-hydrogen) atoms. The van der Waals surface area contributed by atoms with Crippen LogP contribution in [0.15, 0.2) is 0 Å². The van der Waals surface area contributed by atoms with E-state index >= 15 is 0 Å². The Morgan fingerprint density at radius 2 is 1.25 bits per heavy atom. The molecule has 0 aromatic rings. The van der Waals surface area contributed by atoms with Crippen molar-refractivity contribution in [1.29, 1.82) is 0 Å². The number of hydrogen-bond donors (Lipinski definition) is 0. The largest absolute Gasteiger partial charge is 0.381 e. The molecule has 0 bridgehead atoms. The zero-order valence-corrected chi connectivity index (χ0v) is 10.7. The van der Waals surface area contributed by atoms with Gasteiger partial charge in [-0.3, -0.25) is 0 Å². The summed E-state index contributed by atoms with van der Waals surface area (Å²) in [4.78, 5) is 0. The van der Waals surface area contributed by atoms with Crippen molar-refractivity contribution in [3.63, 3.8) is 0 Å². The molecule has 1 nitrogen and oxygen atoms in total. The van der Waals surface area contributed by atoms with Gasteiger partial charge in [-0.2, -0.15) is 0 Å². The van der Waals surface area contributed by atoms with Gasteiger partial charge in [-0.1, -0.05) is 0 Å². The van der Waals surface area contributed by atoms with Crippen molar-refractivity contribution in [3.8, 4) is 0 Å². The molecule has 0 aromatic heterocycles. The summed E-state index contributed by atoms with van der Waals surface area (Å²) in [5.74, 6) is 0. The Bertz CT molecular complexity index is 25.9. The first-order chi connectivity index (χ1) is 3.00. The van der Waals surface area contributed by atoms with Gasteiger partial charge in [-0.15, -0.1) is 0 Å². The fourth-order valence-electron chi connectivity index (χ4n) is 0.687. The normalized spacial score (nSPS) is 18.0. The van der Waals surface area contributed by atoms with Crippen LogP contribution in [0.3, 0.4) is 0 Å². The topological polar surface area (TPSA) is 9.23 Å². The minimum Gasteiger partial charge on any atom is -0.381 e. The van der Waals surface area contributed by atoms with Gasteiger partial charge in [-0.25, -0.2) is 0 Å². The van der Waals surface area contributed by atoms with E-state index in [1.54, 1.807) is 0 Å². The van der Waals surface area contributed by atoms with Crippen molar-refractivity contribution in [2.24, 2.45) is 0 Å². The van der Waals surface area contributed by atoms with Gasteiger partial charge in [0, 0.05) is 61.0 Å². The van der Waals surface area contributed by atoms with Crippen LogP contribution in [0, 0.1) is 0 Å². The molecule has 0 N–H and O–H groups in total. The van der Waals surface area contributed by atoms with Crippen LogP contribution in [-0.2, 0) is 4.74 Å². The van der Waals surface area contributed by atoms with Crippen molar-refractivity contribution in [3.05, 3.63) is 0 Å². The minimum atomic E-state index is 0. The van der Waals surface area contributed by atoms with Gasteiger partial charge >= 0.3 is 0 Å². The number of hydrogen-bond acceptors (Lipinski definition) is 1. The Morgan fingerprint density at radius 3 is 1.38 bits per heavy atom. The van der Waals surface area contributed by atoms with Crippen LogP contribution in [-0.4, -0.2) is 61.0 Å². The first-order valence-electron chi connectivity index (χ1n) is 2.58. The molecular formula is C5H10OSn2. The predicted octanol–water partition coefficient (Wildman–Crippen LogP) is 0.425. The third-order valence-corrected chi connectivity index (χ3v) is 1.08. The van der Waals surface area contributed by atoms with E-state index in [2.05, 4.69) is 0 Å². The van der Waals surface area contributed by atoms with Crippen LogP contribution in [0.4, 0.5) is 0 Å². The maximum absolute atomic E-state index is 5.07. The fraction of sp³-hybridized carbons (Fsp3) is 1.00. The van der Waals surface area contributed by atoms with Gasteiger partial charge in [0.1, 0.15) is 0 Å². The van der Waals surface area contributed by atoms with Gasteiger partial charge < -0.3 is 4.74 Å². The molecule has 1 aliphatic heterocycles. The van der Waals surface area contributed by atoms with Crippen LogP contribution in [0.25, 0.3) is 0 Å². The Labute approximate surface area is 84.5 Å². The number of ether oxygens (including phenoxy) is 1. The molecule has 0 saturated carbocycles. The Balaban J connectivity index is 0. The van der Waals surface area contributed by atoms with E-state index in [-0.39, 0.29) is 47.8 Å². The van der Waals surface area contributed by atoms with Gasteiger partial charge in [0.15, 0.2) is 0 Å². The van der Waals surface area contributed by atoms with Gasteiger partial charge in [0.2, 0.25) is 0 Å². The van der Waals surface area contributed by atoms with E-state index in [1.165, 1.54) is 19.3 Å². The molecule has 1 saturated heterocycles. The van der Waals surface area contributed by atoms with Gasteiger partial charge in [-0.05, 0) is 19.3 Å². The van der Waals surface area contributed by atoms with Crippen molar-refractivity contribution in [2.75, 3.05) is 13.2 Å². The molecule has 1 rings (SSSR count).